The SMILES string of the molecule is O=C(O)c1ccsc1N1C(=O)c2ccncc2C1=O. The summed E-state index contributed by atoms with van der Waals surface area (Å²) >= 11 is 1.04. The van der Waals surface area contributed by atoms with Gasteiger partial charge in [-0.3, -0.25) is 14.6 Å². The predicted molar refractivity (Wildman–Crippen MR) is 66.7 cm³/mol. The molecule has 0 spiro atoms. The van der Waals surface area contributed by atoms with Crippen LogP contribution in [0.25, 0.3) is 0 Å². The lowest BCUT2D eigenvalue weighted by atomic mass is 10.2. The number of aromatic carboxylic acids is 1. The predicted octanol–water partition coefficient (Wildman–Crippen LogP) is 1.64. The molecule has 2 amide bonds. The highest BCUT2D eigenvalue weighted by Crippen LogP contribution is 2.34. The molecule has 0 radical (unpaired) electrons. The number of carboxylic acid groups (broad SMARTS) is 1. The molecule has 0 saturated carbocycles. The molecule has 19 heavy (non-hydrogen) atoms. The van der Waals surface area contributed by atoms with Crippen LogP contribution in [0.3, 0.4) is 0 Å². The molecule has 0 fully saturated rings. The van der Waals surface area contributed by atoms with Crippen molar-refractivity contribution >= 4 is 34.1 Å². The third kappa shape index (κ3) is 1.55. The Hall–Kier alpha value is -2.54. The molecule has 0 saturated heterocycles. The van der Waals surface area contributed by atoms with Crippen molar-refractivity contribution in [2.24, 2.45) is 0 Å². The maximum Gasteiger partial charge on any atom is 0.338 e. The lowest BCUT2D eigenvalue weighted by molar-refractivity contribution is 0.0698. The molecule has 6 nitrogen and oxygen atoms in total. The Morgan fingerprint density at radius 1 is 1.21 bits per heavy atom. The lowest BCUT2D eigenvalue weighted by Crippen LogP contribution is -2.29. The summed E-state index contributed by atoms with van der Waals surface area (Å²) in [6, 6.07) is 2.81. The van der Waals surface area contributed by atoms with Gasteiger partial charge in [-0.05, 0) is 17.5 Å². The highest BCUT2D eigenvalue weighted by molar-refractivity contribution is 7.15. The van der Waals surface area contributed by atoms with Crippen LogP contribution in [0, 0.1) is 0 Å². The maximum absolute atomic E-state index is 12.2. The van der Waals surface area contributed by atoms with Crippen LogP contribution in [0.4, 0.5) is 5.00 Å². The van der Waals surface area contributed by atoms with Gasteiger partial charge < -0.3 is 5.11 Å². The Kier molecular flexibility index (Phi) is 2.42. The van der Waals surface area contributed by atoms with Crippen LogP contribution in [-0.2, 0) is 0 Å². The lowest BCUT2D eigenvalue weighted by Gasteiger charge is -2.12. The van der Waals surface area contributed by atoms with E-state index in [-0.39, 0.29) is 21.7 Å². The number of hydrogen-bond acceptors (Lipinski definition) is 5. The number of carbonyl (C=O) groups excluding carboxylic acids is 2. The van der Waals surface area contributed by atoms with Crippen LogP contribution in [0.2, 0.25) is 0 Å². The van der Waals surface area contributed by atoms with E-state index in [1.165, 1.54) is 29.9 Å². The Bertz CT molecular complexity index is 687. The zero-order valence-corrected chi connectivity index (χ0v) is 10.2. The molecule has 2 aromatic heterocycles. The normalized spacial score (nSPS) is 13.8. The minimum atomic E-state index is -1.18. The van der Waals surface area contributed by atoms with E-state index in [0.717, 1.165) is 16.2 Å². The molecule has 0 unspecified atom stereocenters. The van der Waals surface area contributed by atoms with Crippen molar-refractivity contribution in [3.8, 4) is 0 Å². The summed E-state index contributed by atoms with van der Waals surface area (Å²) in [7, 11) is 0. The van der Waals surface area contributed by atoms with Crippen LogP contribution in [0.5, 0.6) is 0 Å². The van der Waals surface area contributed by atoms with E-state index in [2.05, 4.69) is 4.98 Å². The summed E-state index contributed by atoms with van der Waals surface area (Å²) in [6.07, 6.45) is 2.73. The molecule has 94 valence electrons. The van der Waals surface area contributed by atoms with Crippen molar-refractivity contribution in [2.75, 3.05) is 4.90 Å². The molecule has 2 aromatic rings. The highest BCUT2D eigenvalue weighted by Gasteiger charge is 2.39. The molecule has 3 heterocycles. The molecule has 1 N–H and O–H groups in total. The van der Waals surface area contributed by atoms with Crippen molar-refractivity contribution < 1.29 is 19.5 Å². The second-order valence-corrected chi connectivity index (χ2v) is 4.71. The zero-order valence-electron chi connectivity index (χ0n) is 9.36. The number of fused-ring (bicyclic) bond motifs is 1. The second kappa shape index (κ2) is 3.99. The largest absolute Gasteiger partial charge is 0.478 e. The Labute approximate surface area is 110 Å². The fourth-order valence-electron chi connectivity index (χ4n) is 1.91. The number of aromatic nitrogens is 1. The van der Waals surface area contributed by atoms with E-state index in [4.69, 9.17) is 5.11 Å². The van der Waals surface area contributed by atoms with Crippen LogP contribution in [0.1, 0.15) is 31.1 Å². The summed E-state index contributed by atoms with van der Waals surface area (Å²) in [5.41, 5.74) is 0.370. The van der Waals surface area contributed by atoms with Crippen LogP contribution < -0.4 is 4.90 Å². The van der Waals surface area contributed by atoms with Gasteiger partial charge in [0, 0.05) is 12.4 Å². The molecular formula is C12H6N2O4S. The summed E-state index contributed by atoms with van der Waals surface area (Å²) in [4.78, 5) is 40.1. The van der Waals surface area contributed by atoms with E-state index < -0.39 is 17.8 Å². The molecule has 1 aliphatic rings. The van der Waals surface area contributed by atoms with E-state index in [0.29, 0.717) is 0 Å². The summed E-state index contributed by atoms with van der Waals surface area (Å²) in [6.45, 7) is 0. The van der Waals surface area contributed by atoms with E-state index in [9.17, 15) is 14.4 Å². The van der Waals surface area contributed by atoms with Gasteiger partial charge >= 0.3 is 5.97 Å². The Balaban J connectivity index is 2.14. The first-order chi connectivity index (χ1) is 9.11. The van der Waals surface area contributed by atoms with Crippen LogP contribution in [-0.4, -0.2) is 27.9 Å². The molecule has 7 heteroatoms. The smallest absolute Gasteiger partial charge is 0.338 e. The summed E-state index contributed by atoms with van der Waals surface area (Å²) < 4.78 is 0. The number of thiophene rings is 1. The fraction of sp³-hybridized carbons (Fsp3) is 0. The molecular weight excluding hydrogens is 268 g/mol. The number of rotatable bonds is 2. The number of anilines is 1. The van der Waals surface area contributed by atoms with Crippen molar-refractivity contribution in [1.29, 1.82) is 0 Å². The van der Waals surface area contributed by atoms with Gasteiger partial charge in [0.05, 0.1) is 16.7 Å². The molecule has 0 atom stereocenters. The number of imide groups is 1. The summed E-state index contributed by atoms with van der Waals surface area (Å²) in [5.74, 6) is -2.24. The monoisotopic (exact) mass is 274 g/mol. The number of pyridine rings is 1. The van der Waals surface area contributed by atoms with Crippen molar-refractivity contribution in [3.63, 3.8) is 0 Å². The van der Waals surface area contributed by atoms with Crippen molar-refractivity contribution in [1.82, 2.24) is 4.98 Å². The summed E-state index contributed by atoms with van der Waals surface area (Å²) in [5, 5.41) is 10.7. The average molecular weight is 274 g/mol. The minimum absolute atomic E-state index is 0.0625. The number of carboxylic acids is 1. The maximum atomic E-state index is 12.2. The van der Waals surface area contributed by atoms with Crippen LogP contribution >= 0.6 is 11.3 Å². The van der Waals surface area contributed by atoms with Crippen LogP contribution in [0.15, 0.2) is 29.9 Å². The second-order valence-electron chi connectivity index (χ2n) is 3.81. The number of nitrogens with zero attached hydrogens (tertiary/aromatic N) is 2. The van der Waals surface area contributed by atoms with E-state index in [1.807, 2.05) is 0 Å². The topological polar surface area (TPSA) is 87.6 Å². The van der Waals surface area contributed by atoms with Gasteiger partial charge in [0.2, 0.25) is 0 Å². The third-order valence-corrected chi connectivity index (χ3v) is 3.66. The number of carbonyl (C=O) groups is 3. The molecule has 0 aliphatic carbocycles. The zero-order chi connectivity index (χ0) is 13.6. The first kappa shape index (κ1) is 11.5. The van der Waals surface area contributed by atoms with Gasteiger partial charge in [0.1, 0.15) is 5.00 Å². The van der Waals surface area contributed by atoms with Gasteiger partial charge in [-0.25, -0.2) is 9.69 Å². The van der Waals surface area contributed by atoms with Gasteiger partial charge in [0.25, 0.3) is 11.8 Å². The first-order valence-corrected chi connectivity index (χ1v) is 6.13. The van der Waals surface area contributed by atoms with Gasteiger partial charge in [-0.1, -0.05) is 0 Å². The molecule has 0 bridgehead atoms. The quantitative estimate of drug-likeness (QED) is 0.841. The number of amides is 2. The van der Waals surface area contributed by atoms with Crippen molar-refractivity contribution in [3.05, 3.63) is 46.6 Å². The van der Waals surface area contributed by atoms with Crippen molar-refractivity contribution in [2.45, 2.75) is 0 Å². The first-order valence-electron chi connectivity index (χ1n) is 5.25. The standard InChI is InChI=1S/C12H6N2O4S/c15-9-6-1-3-13-5-8(6)10(16)14(9)11-7(12(17)18)2-4-19-11/h1-5H,(H,17,18). The van der Waals surface area contributed by atoms with Gasteiger partial charge in [-0.2, -0.15) is 0 Å². The number of hydrogen-bond donors (Lipinski definition) is 1. The van der Waals surface area contributed by atoms with E-state index in [1.54, 1.807) is 0 Å². The molecule has 3 rings (SSSR count). The van der Waals surface area contributed by atoms with Gasteiger partial charge in [-0.15, -0.1) is 11.3 Å². The Morgan fingerprint density at radius 2 is 1.95 bits per heavy atom. The average Bonchev–Trinajstić information content (AvgIpc) is 2.95. The highest BCUT2D eigenvalue weighted by atomic mass is 32.1. The minimum Gasteiger partial charge on any atom is -0.478 e. The third-order valence-electron chi connectivity index (χ3n) is 2.77. The van der Waals surface area contributed by atoms with Gasteiger partial charge in [0.15, 0.2) is 0 Å². The fourth-order valence-corrected chi connectivity index (χ4v) is 2.79. The Morgan fingerprint density at radius 3 is 2.63 bits per heavy atom. The molecule has 0 aromatic carbocycles. The molecule has 1 aliphatic heterocycles. The van der Waals surface area contributed by atoms with E-state index >= 15 is 0 Å².